The van der Waals surface area contributed by atoms with Crippen LogP contribution in [0.3, 0.4) is 0 Å². The molecule has 0 saturated heterocycles. The fourth-order valence-electron chi connectivity index (χ4n) is 1.48. The maximum atomic E-state index is 12.0. The van der Waals surface area contributed by atoms with Gasteiger partial charge >= 0.3 is 12.0 Å². The van der Waals surface area contributed by atoms with E-state index in [1.54, 1.807) is 29.7 Å². The van der Waals surface area contributed by atoms with Crippen LogP contribution in [0.5, 0.6) is 0 Å². The molecule has 0 spiro atoms. The molecule has 0 aliphatic rings. The van der Waals surface area contributed by atoms with Crippen molar-refractivity contribution in [3.8, 4) is 0 Å². The monoisotopic (exact) mass is 280 g/mol. The number of hydrogen-bond acceptors (Lipinski definition) is 3. The normalized spacial score (nSPS) is 11.4. The standard InChI is InChI=1S/C13H16N2O3S/c1-3-7-15(8-4-2)13(18)14-11(12(16)17)10-6-5-9-19-10/h3-6,9,11H,1-2,7-8H2,(H,14,18)(H,16,17). The van der Waals surface area contributed by atoms with Gasteiger partial charge in [-0.3, -0.25) is 0 Å². The third-order valence-electron chi connectivity index (χ3n) is 2.33. The van der Waals surface area contributed by atoms with E-state index in [1.807, 2.05) is 0 Å². The molecule has 0 aliphatic heterocycles. The Kier molecular flexibility index (Phi) is 5.81. The quantitative estimate of drug-likeness (QED) is 0.753. The molecule has 1 rings (SSSR count). The second-order valence-electron chi connectivity index (χ2n) is 3.72. The number of urea groups is 1. The van der Waals surface area contributed by atoms with Crippen LogP contribution in [0.4, 0.5) is 4.79 Å². The zero-order chi connectivity index (χ0) is 14.3. The molecule has 5 nitrogen and oxygen atoms in total. The maximum absolute atomic E-state index is 12.0. The number of rotatable bonds is 7. The number of aliphatic carboxylic acids is 1. The van der Waals surface area contributed by atoms with Crippen LogP contribution in [0.15, 0.2) is 42.8 Å². The summed E-state index contributed by atoms with van der Waals surface area (Å²) in [5.41, 5.74) is 0. The number of amides is 2. The Morgan fingerprint density at radius 2 is 2.05 bits per heavy atom. The lowest BCUT2D eigenvalue weighted by Crippen LogP contribution is -2.43. The Morgan fingerprint density at radius 1 is 1.42 bits per heavy atom. The zero-order valence-corrected chi connectivity index (χ0v) is 11.2. The van der Waals surface area contributed by atoms with Gasteiger partial charge in [-0.15, -0.1) is 24.5 Å². The average molecular weight is 280 g/mol. The average Bonchev–Trinajstić information content (AvgIpc) is 2.88. The molecule has 1 aromatic heterocycles. The lowest BCUT2D eigenvalue weighted by Gasteiger charge is -2.22. The van der Waals surface area contributed by atoms with Gasteiger partial charge in [0.1, 0.15) is 0 Å². The van der Waals surface area contributed by atoms with Gasteiger partial charge < -0.3 is 15.3 Å². The third kappa shape index (κ3) is 4.26. The first-order valence-corrected chi connectivity index (χ1v) is 6.51. The van der Waals surface area contributed by atoms with Crippen LogP contribution in [0.25, 0.3) is 0 Å². The van der Waals surface area contributed by atoms with Gasteiger partial charge in [0.05, 0.1) is 0 Å². The van der Waals surface area contributed by atoms with Gasteiger partial charge in [0.25, 0.3) is 0 Å². The van der Waals surface area contributed by atoms with E-state index in [9.17, 15) is 9.59 Å². The predicted octanol–water partition coefficient (Wildman–Crippen LogP) is 2.26. The first-order chi connectivity index (χ1) is 9.10. The summed E-state index contributed by atoms with van der Waals surface area (Å²) in [5.74, 6) is -1.09. The molecule has 1 aromatic rings. The molecule has 2 amide bonds. The molecule has 6 heteroatoms. The van der Waals surface area contributed by atoms with Gasteiger partial charge in [-0.2, -0.15) is 0 Å². The molecule has 0 bridgehead atoms. The lowest BCUT2D eigenvalue weighted by molar-refractivity contribution is -0.139. The van der Waals surface area contributed by atoms with Gasteiger partial charge in [0, 0.05) is 18.0 Å². The summed E-state index contributed by atoms with van der Waals surface area (Å²) in [5, 5.41) is 13.4. The van der Waals surface area contributed by atoms with E-state index in [0.29, 0.717) is 18.0 Å². The molecule has 0 fully saturated rings. The van der Waals surface area contributed by atoms with Crippen LogP contribution in [0.2, 0.25) is 0 Å². The van der Waals surface area contributed by atoms with Crippen LogP contribution in [0.1, 0.15) is 10.9 Å². The number of carbonyl (C=O) groups is 2. The van der Waals surface area contributed by atoms with Crippen LogP contribution in [-0.4, -0.2) is 35.1 Å². The Balaban J connectivity index is 2.78. The molecule has 1 atom stereocenters. The van der Waals surface area contributed by atoms with Crippen LogP contribution in [-0.2, 0) is 4.79 Å². The van der Waals surface area contributed by atoms with Crippen molar-refractivity contribution in [3.05, 3.63) is 47.7 Å². The summed E-state index contributed by atoms with van der Waals surface area (Å²) in [6.07, 6.45) is 3.15. The van der Waals surface area contributed by atoms with E-state index >= 15 is 0 Å². The smallest absolute Gasteiger partial charge is 0.331 e. The van der Waals surface area contributed by atoms with Crippen molar-refractivity contribution in [2.75, 3.05) is 13.1 Å². The number of carbonyl (C=O) groups excluding carboxylic acids is 1. The van der Waals surface area contributed by atoms with Crippen molar-refractivity contribution in [1.82, 2.24) is 10.2 Å². The van der Waals surface area contributed by atoms with E-state index < -0.39 is 18.0 Å². The Morgan fingerprint density at radius 3 is 2.47 bits per heavy atom. The minimum Gasteiger partial charge on any atom is -0.479 e. The lowest BCUT2D eigenvalue weighted by atomic mass is 10.2. The Hall–Kier alpha value is -2.08. The van der Waals surface area contributed by atoms with Crippen molar-refractivity contribution in [2.24, 2.45) is 0 Å². The van der Waals surface area contributed by atoms with Crippen molar-refractivity contribution in [2.45, 2.75) is 6.04 Å². The number of hydrogen-bond donors (Lipinski definition) is 2. The Bertz CT molecular complexity index is 446. The predicted molar refractivity (Wildman–Crippen MR) is 75.2 cm³/mol. The molecule has 102 valence electrons. The molecule has 1 heterocycles. The largest absolute Gasteiger partial charge is 0.479 e. The number of carboxylic acids is 1. The highest BCUT2D eigenvalue weighted by Gasteiger charge is 2.24. The van der Waals surface area contributed by atoms with Crippen molar-refractivity contribution in [1.29, 1.82) is 0 Å². The van der Waals surface area contributed by atoms with Crippen molar-refractivity contribution in [3.63, 3.8) is 0 Å². The van der Waals surface area contributed by atoms with E-state index in [0.717, 1.165) is 0 Å². The van der Waals surface area contributed by atoms with Gasteiger partial charge in [0.2, 0.25) is 0 Å². The van der Waals surface area contributed by atoms with Gasteiger partial charge in [-0.05, 0) is 11.4 Å². The van der Waals surface area contributed by atoms with Gasteiger partial charge in [-0.1, -0.05) is 18.2 Å². The first kappa shape index (κ1) is 15.0. The Labute approximate surface area is 115 Å². The molecule has 2 N–H and O–H groups in total. The minimum absolute atomic E-state index is 0.328. The van der Waals surface area contributed by atoms with Gasteiger partial charge in [0.15, 0.2) is 6.04 Å². The minimum atomic E-state index is -1.09. The number of thiophene rings is 1. The fourth-order valence-corrected chi connectivity index (χ4v) is 2.24. The summed E-state index contributed by atoms with van der Waals surface area (Å²) in [7, 11) is 0. The zero-order valence-electron chi connectivity index (χ0n) is 10.4. The van der Waals surface area contributed by atoms with E-state index in [2.05, 4.69) is 18.5 Å². The molecule has 1 unspecified atom stereocenters. The summed E-state index contributed by atoms with van der Waals surface area (Å²) in [4.78, 5) is 25.2. The second kappa shape index (κ2) is 7.38. The van der Waals surface area contributed by atoms with Crippen LogP contribution >= 0.6 is 11.3 Å². The molecular formula is C13H16N2O3S. The summed E-state index contributed by atoms with van der Waals surface area (Å²) < 4.78 is 0. The number of nitrogens with one attached hydrogen (secondary N) is 1. The van der Waals surface area contributed by atoms with E-state index in [-0.39, 0.29) is 0 Å². The second-order valence-corrected chi connectivity index (χ2v) is 4.70. The SMILES string of the molecule is C=CCN(CC=C)C(=O)NC(C(=O)O)c1cccs1. The highest BCUT2D eigenvalue weighted by Crippen LogP contribution is 2.19. The molecule has 0 aromatic carbocycles. The topological polar surface area (TPSA) is 69.6 Å². The molecule has 0 radical (unpaired) electrons. The molecular weight excluding hydrogens is 264 g/mol. The summed E-state index contributed by atoms with van der Waals surface area (Å²) >= 11 is 1.29. The van der Waals surface area contributed by atoms with Crippen molar-refractivity contribution < 1.29 is 14.7 Å². The van der Waals surface area contributed by atoms with E-state index in [1.165, 1.54) is 16.2 Å². The summed E-state index contributed by atoms with van der Waals surface area (Å²) in [6.45, 7) is 7.77. The van der Waals surface area contributed by atoms with Crippen LogP contribution in [0, 0.1) is 0 Å². The maximum Gasteiger partial charge on any atom is 0.331 e. The number of nitrogens with zero attached hydrogens (tertiary/aromatic N) is 1. The van der Waals surface area contributed by atoms with E-state index in [4.69, 9.17) is 5.11 Å². The highest BCUT2D eigenvalue weighted by atomic mass is 32.1. The first-order valence-electron chi connectivity index (χ1n) is 5.63. The summed E-state index contributed by atoms with van der Waals surface area (Å²) in [6, 6.07) is 1.92. The molecule has 19 heavy (non-hydrogen) atoms. The highest BCUT2D eigenvalue weighted by molar-refractivity contribution is 7.10. The number of carboxylic acid groups (broad SMARTS) is 1. The third-order valence-corrected chi connectivity index (χ3v) is 3.27. The molecule has 0 aliphatic carbocycles. The van der Waals surface area contributed by atoms with Crippen molar-refractivity contribution >= 4 is 23.3 Å². The fraction of sp³-hybridized carbons (Fsp3) is 0.231. The molecule has 0 saturated carbocycles. The van der Waals surface area contributed by atoms with Crippen LogP contribution < -0.4 is 5.32 Å². The van der Waals surface area contributed by atoms with Gasteiger partial charge in [-0.25, -0.2) is 9.59 Å².